The molecular weight excluding hydrogens is 230 g/mol. The summed E-state index contributed by atoms with van der Waals surface area (Å²) in [7, 11) is 1.90. The molecule has 1 heterocycles. The number of rotatable bonds is 5. The van der Waals surface area contributed by atoms with Crippen molar-refractivity contribution in [2.75, 3.05) is 0 Å². The summed E-state index contributed by atoms with van der Waals surface area (Å²) in [5, 5.41) is 13.1. The normalized spacial score (nSPS) is 16.9. The Morgan fingerprint density at radius 1 is 1.39 bits per heavy atom. The molecule has 0 saturated heterocycles. The molecule has 0 unspecified atom stereocenters. The fraction of sp³-hybridized carbons (Fsp3) is 0.769. The third-order valence-corrected chi connectivity index (χ3v) is 3.63. The van der Waals surface area contributed by atoms with E-state index < -0.39 is 5.97 Å². The SMILES string of the molecule is Cn1nc(C2CCCCC2)nc1CCCC(=O)O. The van der Waals surface area contributed by atoms with E-state index in [1.54, 1.807) is 0 Å². The molecule has 18 heavy (non-hydrogen) atoms. The predicted octanol–water partition coefficient (Wildman–Crippen LogP) is 2.27. The first kappa shape index (κ1) is 13.1. The van der Waals surface area contributed by atoms with E-state index >= 15 is 0 Å². The lowest BCUT2D eigenvalue weighted by molar-refractivity contribution is -0.137. The Morgan fingerprint density at radius 3 is 2.78 bits per heavy atom. The van der Waals surface area contributed by atoms with E-state index in [0.29, 0.717) is 18.8 Å². The molecule has 1 aromatic heterocycles. The Bertz CT molecular complexity index is 408. The van der Waals surface area contributed by atoms with Gasteiger partial charge < -0.3 is 5.11 Å². The zero-order valence-electron chi connectivity index (χ0n) is 10.9. The summed E-state index contributed by atoms with van der Waals surface area (Å²) in [6.07, 6.45) is 7.79. The van der Waals surface area contributed by atoms with E-state index in [1.165, 1.54) is 32.1 Å². The van der Waals surface area contributed by atoms with Gasteiger partial charge in [-0.2, -0.15) is 5.10 Å². The first-order valence-electron chi connectivity index (χ1n) is 6.78. The summed E-state index contributed by atoms with van der Waals surface area (Å²) < 4.78 is 1.81. The average molecular weight is 251 g/mol. The number of carboxylic acid groups (broad SMARTS) is 1. The molecule has 1 aliphatic rings. The van der Waals surface area contributed by atoms with Crippen LogP contribution in [-0.4, -0.2) is 25.8 Å². The molecule has 1 fully saturated rings. The molecule has 0 radical (unpaired) electrons. The topological polar surface area (TPSA) is 68.0 Å². The van der Waals surface area contributed by atoms with Gasteiger partial charge in [0.05, 0.1) is 0 Å². The molecule has 0 atom stereocenters. The Kier molecular flexibility index (Phi) is 4.33. The van der Waals surface area contributed by atoms with Gasteiger partial charge in [-0.3, -0.25) is 9.48 Å². The molecule has 1 aromatic rings. The van der Waals surface area contributed by atoms with Gasteiger partial charge in [-0.05, 0) is 19.3 Å². The Labute approximate surface area is 107 Å². The lowest BCUT2D eigenvalue weighted by atomic mass is 9.89. The Hall–Kier alpha value is -1.39. The molecule has 5 nitrogen and oxygen atoms in total. The monoisotopic (exact) mass is 251 g/mol. The molecule has 100 valence electrons. The highest BCUT2D eigenvalue weighted by atomic mass is 16.4. The molecule has 2 rings (SSSR count). The molecule has 0 bridgehead atoms. The summed E-state index contributed by atoms with van der Waals surface area (Å²) in [4.78, 5) is 15.1. The second-order valence-corrected chi connectivity index (χ2v) is 5.09. The van der Waals surface area contributed by atoms with Crippen molar-refractivity contribution in [3.8, 4) is 0 Å². The van der Waals surface area contributed by atoms with Crippen LogP contribution in [0.25, 0.3) is 0 Å². The van der Waals surface area contributed by atoms with Crippen molar-refractivity contribution in [3.05, 3.63) is 11.6 Å². The van der Waals surface area contributed by atoms with Crippen LogP contribution in [0.5, 0.6) is 0 Å². The van der Waals surface area contributed by atoms with Crippen LogP contribution < -0.4 is 0 Å². The highest BCUT2D eigenvalue weighted by Crippen LogP contribution is 2.30. The fourth-order valence-electron chi connectivity index (χ4n) is 2.59. The largest absolute Gasteiger partial charge is 0.481 e. The molecule has 0 amide bonds. The minimum atomic E-state index is -0.746. The van der Waals surface area contributed by atoms with Crippen molar-refractivity contribution >= 4 is 5.97 Å². The van der Waals surface area contributed by atoms with Gasteiger partial charge in [0, 0.05) is 25.8 Å². The fourth-order valence-corrected chi connectivity index (χ4v) is 2.59. The lowest BCUT2D eigenvalue weighted by Crippen LogP contribution is -2.06. The quantitative estimate of drug-likeness (QED) is 0.871. The highest BCUT2D eigenvalue weighted by molar-refractivity contribution is 5.66. The van der Waals surface area contributed by atoms with Gasteiger partial charge in [-0.15, -0.1) is 0 Å². The molecule has 1 N–H and O–H groups in total. The summed E-state index contributed by atoms with van der Waals surface area (Å²) in [6, 6.07) is 0. The Morgan fingerprint density at radius 2 is 2.11 bits per heavy atom. The van der Waals surface area contributed by atoms with Crippen LogP contribution in [0.3, 0.4) is 0 Å². The van der Waals surface area contributed by atoms with Crippen LogP contribution in [-0.2, 0) is 18.3 Å². The first-order chi connectivity index (χ1) is 8.66. The first-order valence-corrected chi connectivity index (χ1v) is 6.78. The third-order valence-electron chi connectivity index (χ3n) is 3.63. The van der Waals surface area contributed by atoms with Gasteiger partial charge in [0.2, 0.25) is 0 Å². The van der Waals surface area contributed by atoms with Gasteiger partial charge in [0.25, 0.3) is 0 Å². The van der Waals surface area contributed by atoms with Crippen LogP contribution in [0, 0.1) is 0 Å². The maximum Gasteiger partial charge on any atom is 0.303 e. The number of nitrogens with zero attached hydrogens (tertiary/aromatic N) is 3. The molecule has 0 spiro atoms. The molecule has 0 aliphatic heterocycles. The van der Waals surface area contributed by atoms with Crippen molar-refractivity contribution in [3.63, 3.8) is 0 Å². The molecule has 1 saturated carbocycles. The number of aromatic nitrogens is 3. The van der Waals surface area contributed by atoms with Crippen molar-refractivity contribution < 1.29 is 9.90 Å². The number of hydrogen-bond donors (Lipinski definition) is 1. The van der Waals surface area contributed by atoms with Crippen LogP contribution in [0.1, 0.15) is 62.5 Å². The van der Waals surface area contributed by atoms with Crippen LogP contribution in [0.15, 0.2) is 0 Å². The maximum atomic E-state index is 10.5. The number of aryl methyl sites for hydroxylation is 2. The lowest BCUT2D eigenvalue weighted by Gasteiger charge is -2.18. The van der Waals surface area contributed by atoms with E-state index in [-0.39, 0.29) is 6.42 Å². The predicted molar refractivity (Wildman–Crippen MR) is 67.4 cm³/mol. The van der Waals surface area contributed by atoms with Gasteiger partial charge in [0.15, 0.2) is 5.82 Å². The number of carbonyl (C=O) groups is 1. The number of aliphatic carboxylic acids is 1. The third kappa shape index (κ3) is 3.31. The van der Waals surface area contributed by atoms with Gasteiger partial charge in [-0.1, -0.05) is 19.3 Å². The smallest absolute Gasteiger partial charge is 0.303 e. The van der Waals surface area contributed by atoms with E-state index in [9.17, 15) is 4.79 Å². The molecular formula is C13H21N3O2. The van der Waals surface area contributed by atoms with Crippen molar-refractivity contribution in [1.82, 2.24) is 14.8 Å². The molecule has 0 aromatic carbocycles. The van der Waals surface area contributed by atoms with Crippen molar-refractivity contribution in [2.24, 2.45) is 7.05 Å². The number of carboxylic acids is 1. The van der Waals surface area contributed by atoms with Crippen LogP contribution >= 0.6 is 0 Å². The van der Waals surface area contributed by atoms with E-state index in [0.717, 1.165) is 11.6 Å². The van der Waals surface area contributed by atoms with Gasteiger partial charge >= 0.3 is 5.97 Å². The Balaban J connectivity index is 1.95. The maximum absolute atomic E-state index is 10.5. The van der Waals surface area contributed by atoms with Crippen molar-refractivity contribution in [2.45, 2.75) is 57.3 Å². The summed E-state index contributed by atoms with van der Waals surface area (Å²) in [5.74, 6) is 1.64. The zero-order valence-corrected chi connectivity index (χ0v) is 10.9. The summed E-state index contributed by atoms with van der Waals surface area (Å²) in [5.41, 5.74) is 0. The van der Waals surface area contributed by atoms with E-state index in [1.807, 2.05) is 11.7 Å². The van der Waals surface area contributed by atoms with E-state index in [2.05, 4.69) is 10.1 Å². The summed E-state index contributed by atoms with van der Waals surface area (Å²) in [6.45, 7) is 0. The second kappa shape index (κ2) is 5.98. The minimum absolute atomic E-state index is 0.200. The standard InChI is InChI=1S/C13H21N3O2/c1-16-11(8-5-9-12(17)18)14-13(15-16)10-6-3-2-4-7-10/h10H,2-9H2,1H3,(H,17,18). The van der Waals surface area contributed by atoms with Crippen LogP contribution in [0.4, 0.5) is 0 Å². The average Bonchev–Trinajstić information content (AvgIpc) is 2.72. The highest BCUT2D eigenvalue weighted by Gasteiger charge is 2.20. The zero-order chi connectivity index (χ0) is 13.0. The minimum Gasteiger partial charge on any atom is -0.481 e. The van der Waals surface area contributed by atoms with Gasteiger partial charge in [-0.25, -0.2) is 4.98 Å². The summed E-state index contributed by atoms with van der Waals surface area (Å²) >= 11 is 0. The van der Waals surface area contributed by atoms with Crippen LogP contribution in [0.2, 0.25) is 0 Å². The number of hydrogen-bond acceptors (Lipinski definition) is 3. The van der Waals surface area contributed by atoms with Gasteiger partial charge in [0.1, 0.15) is 5.82 Å². The molecule has 5 heteroatoms. The molecule has 1 aliphatic carbocycles. The second-order valence-electron chi connectivity index (χ2n) is 5.09. The van der Waals surface area contributed by atoms with Crippen molar-refractivity contribution in [1.29, 1.82) is 0 Å². The van der Waals surface area contributed by atoms with E-state index in [4.69, 9.17) is 5.11 Å².